The molecule has 0 spiro atoms. The summed E-state index contributed by atoms with van der Waals surface area (Å²) >= 11 is 2.05. The molecule has 2 rings (SSSR count). The van der Waals surface area contributed by atoms with E-state index in [0.717, 1.165) is 10.5 Å². The lowest BCUT2D eigenvalue weighted by Crippen LogP contribution is -1.94. The standard InChI is InChI=1S/C7H8S/c1-5-3-2-4-6-7(5)8-6/h2-4,6-7H,1H3. The number of hydrogen-bond acceptors (Lipinski definition) is 1. The minimum Gasteiger partial charge on any atom is -0.144 e. The molecule has 0 aromatic carbocycles. The van der Waals surface area contributed by atoms with E-state index in [1.807, 2.05) is 0 Å². The molecule has 0 N–H and O–H groups in total. The Morgan fingerprint density at radius 1 is 1.62 bits per heavy atom. The number of allylic oxidation sites excluding steroid dienone is 2. The van der Waals surface area contributed by atoms with Gasteiger partial charge in [-0.15, -0.1) is 11.8 Å². The van der Waals surface area contributed by atoms with Crippen molar-refractivity contribution in [3.8, 4) is 0 Å². The first-order valence-electron chi connectivity index (χ1n) is 2.88. The van der Waals surface area contributed by atoms with Crippen LogP contribution in [0.25, 0.3) is 0 Å². The van der Waals surface area contributed by atoms with Crippen LogP contribution >= 0.6 is 11.8 Å². The fraction of sp³-hybridized carbons (Fsp3) is 0.429. The third-order valence-electron chi connectivity index (χ3n) is 1.63. The van der Waals surface area contributed by atoms with Crippen molar-refractivity contribution in [3.63, 3.8) is 0 Å². The van der Waals surface area contributed by atoms with Crippen LogP contribution in [0, 0.1) is 0 Å². The molecule has 0 aromatic rings. The van der Waals surface area contributed by atoms with E-state index in [-0.39, 0.29) is 0 Å². The number of fused-ring (bicyclic) bond motifs is 1. The molecule has 2 atom stereocenters. The lowest BCUT2D eigenvalue weighted by Gasteiger charge is -1.96. The Kier molecular flexibility index (Phi) is 0.826. The molecule has 0 aromatic heterocycles. The van der Waals surface area contributed by atoms with E-state index in [1.54, 1.807) is 5.57 Å². The molecule has 1 heteroatoms. The predicted octanol–water partition coefficient (Wildman–Crippen LogP) is 1.99. The van der Waals surface area contributed by atoms with Crippen molar-refractivity contribution < 1.29 is 0 Å². The monoisotopic (exact) mass is 124 g/mol. The lowest BCUT2D eigenvalue weighted by molar-refractivity contribution is 1.11. The number of rotatable bonds is 0. The maximum absolute atomic E-state index is 2.28. The molecule has 8 heavy (non-hydrogen) atoms. The first-order valence-corrected chi connectivity index (χ1v) is 3.82. The van der Waals surface area contributed by atoms with Gasteiger partial charge in [-0.25, -0.2) is 0 Å². The van der Waals surface area contributed by atoms with Gasteiger partial charge in [0.1, 0.15) is 0 Å². The van der Waals surface area contributed by atoms with Gasteiger partial charge in [0.2, 0.25) is 0 Å². The third kappa shape index (κ3) is 0.543. The van der Waals surface area contributed by atoms with Crippen LogP contribution < -0.4 is 0 Å². The third-order valence-corrected chi connectivity index (χ3v) is 3.02. The van der Waals surface area contributed by atoms with Gasteiger partial charge in [0, 0.05) is 10.5 Å². The van der Waals surface area contributed by atoms with E-state index < -0.39 is 0 Å². The summed E-state index contributed by atoms with van der Waals surface area (Å²) in [7, 11) is 0. The largest absolute Gasteiger partial charge is 0.144 e. The smallest absolute Gasteiger partial charge is 0.0417 e. The Labute approximate surface area is 53.7 Å². The van der Waals surface area contributed by atoms with Crippen molar-refractivity contribution in [2.75, 3.05) is 0 Å². The molecule has 1 saturated heterocycles. The van der Waals surface area contributed by atoms with Gasteiger partial charge in [0.15, 0.2) is 0 Å². The second-order valence-electron chi connectivity index (χ2n) is 2.32. The van der Waals surface area contributed by atoms with Gasteiger partial charge in [-0.1, -0.05) is 23.8 Å². The SMILES string of the molecule is CC1=CC=CC2SC12. The topological polar surface area (TPSA) is 0 Å². The average molecular weight is 124 g/mol. The van der Waals surface area contributed by atoms with Crippen molar-refractivity contribution in [2.24, 2.45) is 0 Å². The zero-order valence-electron chi connectivity index (χ0n) is 4.79. The molecule has 0 bridgehead atoms. The van der Waals surface area contributed by atoms with Crippen LogP contribution in [0.2, 0.25) is 0 Å². The van der Waals surface area contributed by atoms with E-state index in [1.165, 1.54) is 0 Å². The van der Waals surface area contributed by atoms with Crippen LogP contribution in [-0.4, -0.2) is 10.5 Å². The molecule has 1 fully saturated rings. The highest BCUT2D eigenvalue weighted by molar-refractivity contribution is 8.08. The van der Waals surface area contributed by atoms with Crippen molar-refractivity contribution in [3.05, 3.63) is 23.8 Å². The molecule has 2 unspecified atom stereocenters. The van der Waals surface area contributed by atoms with E-state index in [2.05, 4.69) is 36.9 Å². The fourth-order valence-electron chi connectivity index (χ4n) is 1.05. The minimum atomic E-state index is 0.847. The Morgan fingerprint density at radius 3 is 3.12 bits per heavy atom. The molecule has 1 aliphatic carbocycles. The van der Waals surface area contributed by atoms with Gasteiger partial charge in [-0.05, 0) is 6.92 Å². The summed E-state index contributed by atoms with van der Waals surface area (Å²) < 4.78 is 0. The summed E-state index contributed by atoms with van der Waals surface area (Å²) in [4.78, 5) is 0. The van der Waals surface area contributed by atoms with Gasteiger partial charge in [-0.2, -0.15) is 0 Å². The minimum absolute atomic E-state index is 0.847. The second kappa shape index (κ2) is 1.41. The second-order valence-corrected chi connectivity index (χ2v) is 3.64. The van der Waals surface area contributed by atoms with Crippen LogP contribution in [-0.2, 0) is 0 Å². The van der Waals surface area contributed by atoms with Crippen molar-refractivity contribution >= 4 is 11.8 Å². The predicted molar refractivity (Wildman–Crippen MR) is 38.1 cm³/mol. The molecular weight excluding hydrogens is 116 g/mol. The molecule has 2 aliphatic rings. The van der Waals surface area contributed by atoms with Gasteiger partial charge in [0.25, 0.3) is 0 Å². The van der Waals surface area contributed by atoms with Crippen molar-refractivity contribution in [1.29, 1.82) is 0 Å². The van der Waals surface area contributed by atoms with Crippen LogP contribution in [0.3, 0.4) is 0 Å². The van der Waals surface area contributed by atoms with Crippen LogP contribution in [0.5, 0.6) is 0 Å². The molecule has 0 saturated carbocycles. The normalized spacial score (nSPS) is 40.9. The van der Waals surface area contributed by atoms with Gasteiger partial charge in [0.05, 0.1) is 0 Å². The van der Waals surface area contributed by atoms with Crippen molar-refractivity contribution in [1.82, 2.24) is 0 Å². The maximum atomic E-state index is 2.28. The molecular formula is C7H8S. The van der Waals surface area contributed by atoms with E-state index >= 15 is 0 Å². The summed E-state index contributed by atoms with van der Waals surface area (Å²) in [6.07, 6.45) is 6.65. The summed E-state index contributed by atoms with van der Waals surface area (Å²) in [5.41, 5.74) is 1.54. The summed E-state index contributed by atoms with van der Waals surface area (Å²) in [6.45, 7) is 2.21. The summed E-state index contributed by atoms with van der Waals surface area (Å²) in [6, 6.07) is 0. The highest BCUT2D eigenvalue weighted by Crippen LogP contribution is 2.48. The highest BCUT2D eigenvalue weighted by atomic mass is 32.2. The van der Waals surface area contributed by atoms with Crippen molar-refractivity contribution in [2.45, 2.75) is 17.4 Å². The molecule has 0 nitrogen and oxygen atoms in total. The molecule has 1 heterocycles. The van der Waals surface area contributed by atoms with Crippen LogP contribution in [0.15, 0.2) is 23.8 Å². The number of hydrogen-bond donors (Lipinski definition) is 0. The fourth-order valence-corrected chi connectivity index (χ4v) is 2.08. The van der Waals surface area contributed by atoms with E-state index in [9.17, 15) is 0 Å². The average Bonchev–Trinajstić information content (AvgIpc) is 2.45. The Hall–Kier alpha value is -0.170. The van der Waals surface area contributed by atoms with Gasteiger partial charge < -0.3 is 0 Å². The Balaban J connectivity index is 2.30. The summed E-state index contributed by atoms with van der Waals surface area (Å²) in [5.74, 6) is 0. The molecule has 0 amide bonds. The van der Waals surface area contributed by atoms with E-state index in [4.69, 9.17) is 0 Å². The summed E-state index contributed by atoms with van der Waals surface area (Å²) in [5, 5.41) is 1.71. The van der Waals surface area contributed by atoms with Crippen LogP contribution in [0.4, 0.5) is 0 Å². The van der Waals surface area contributed by atoms with Gasteiger partial charge in [-0.3, -0.25) is 0 Å². The molecule has 42 valence electrons. The number of thioether (sulfide) groups is 1. The Morgan fingerprint density at radius 2 is 2.50 bits per heavy atom. The molecule has 0 radical (unpaired) electrons. The van der Waals surface area contributed by atoms with Gasteiger partial charge >= 0.3 is 0 Å². The first kappa shape index (κ1) is 4.68. The quantitative estimate of drug-likeness (QED) is 0.445. The first-order chi connectivity index (χ1) is 3.88. The van der Waals surface area contributed by atoms with E-state index in [0.29, 0.717) is 0 Å². The zero-order chi connectivity index (χ0) is 5.56. The van der Waals surface area contributed by atoms with Crippen LogP contribution in [0.1, 0.15) is 6.92 Å². The highest BCUT2D eigenvalue weighted by Gasteiger charge is 2.38. The molecule has 1 aliphatic heterocycles. The maximum Gasteiger partial charge on any atom is 0.0417 e. The Bertz CT molecular complexity index is 167. The zero-order valence-corrected chi connectivity index (χ0v) is 5.61. The lowest BCUT2D eigenvalue weighted by atomic mass is 10.1.